The first-order chi connectivity index (χ1) is 10.1. The topological polar surface area (TPSA) is 61.4 Å². The summed E-state index contributed by atoms with van der Waals surface area (Å²) in [6.07, 6.45) is 3.91. The molecule has 2 heterocycles. The summed E-state index contributed by atoms with van der Waals surface area (Å²) in [5.41, 5.74) is 1.23. The fourth-order valence-electron chi connectivity index (χ4n) is 2.81. The van der Waals surface area contributed by atoms with E-state index in [0.717, 1.165) is 30.6 Å². The Morgan fingerprint density at radius 1 is 1.43 bits per heavy atom. The van der Waals surface area contributed by atoms with Gasteiger partial charge in [0.1, 0.15) is 0 Å². The van der Waals surface area contributed by atoms with Crippen LogP contribution in [0.1, 0.15) is 36.6 Å². The van der Waals surface area contributed by atoms with Gasteiger partial charge in [-0.05, 0) is 43.3 Å². The number of nitrogens with one attached hydrogen (secondary N) is 2. The second-order valence-corrected chi connectivity index (χ2v) is 8.08. The van der Waals surface area contributed by atoms with E-state index >= 15 is 0 Å². The Bertz CT molecular complexity index is 540. The normalized spacial score (nSPS) is 20.8. The number of rotatable bonds is 7. The van der Waals surface area contributed by atoms with Gasteiger partial charge >= 0.3 is 0 Å². The molecule has 21 heavy (non-hydrogen) atoms. The third-order valence-electron chi connectivity index (χ3n) is 3.96. The highest BCUT2D eigenvalue weighted by molar-refractivity contribution is 7.87. The van der Waals surface area contributed by atoms with Gasteiger partial charge in [0.15, 0.2) is 0 Å². The lowest BCUT2D eigenvalue weighted by atomic mass is 10.1. The van der Waals surface area contributed by atoms with Crippen LogP contribution in [0.15, 0.2) is 11.4 Å². The SMILES string of the molecule is CCc1ccsc1CNS(=O)(=O)N1CCCCC1CNC. The number of piperidine rings is 1. The van der Waals surface area contributed by atoms with Gasteiger partial charge in [0.2, 0.25) is 0 Å². The maximum atomic E-state index is 12.6. The summed E-state index contributed by atoms with van der Waals surface area (Å²) in [7, 11) is -1.54. The molecular weight excluding hydrogens is 306 g/mol. The molecule has 0 radical (unpaired) electrons. The lowest BCUT2D eigenvalue weighted by Gasteiger charge is -2.34. The van der Waals surface area contributed by atoms with E-state index in [1.54, 1.807) is 15.6 Å². The Labute approximate surface area is 131 Å². The van der Waals surface area contributed by atoms with Crippen LogP contribution in [-0.4, -0.2) is 38.9 Å². The van der Waals surface area contributed by atoms with Crippen LogP contribution in [0.5, 0.6) is 0 Å². The van der Waals surface area contributed by atoms with Crippen molar-refractivity contribution in [2.45, 2.75) is 45.2 Å². The molecular formula is C14H25N3O2S2. The number of nitrogens with zero attached hydrogens (tertiary/aromatic N) is 1. The lowest BCUT2D eigenvalue weighted by Crippen LogP contribution is -2.51. The number of likely N-dealkylation sites (N-methyl/N-ethyl adjacent to an activating group) is 1. The Kier molecular flexibility index (Phi) is 6.19. The molecule has 2 rings (SSSR count). The van der Waals surface area contributed by atoms with Crippen molar-refractivity contribution in [3.63, 3.8) is 0 Å². The van der Waals surface area contributed by atoms with Crippen LogP contribution in [0.25, 0.3) is 0 Å². The first-order valence-corrected chi connectivity index (χ1v) is 9.86. The van der Waals surface area contributed by atoms with Crippen molar-refractivity contribution in [1.82, 2.24) is 14.3 Å². The van der Waals surface area contributed by atoms with E-state index in [0.29, 0.717) is 19.6 Å². The highest BCUT2D eigenvalue weighted by atomic mass is 32.2. The fraction of sp³-hybridized carbons (Fsp3) is 0.714. The van der Waals surface area contributed by atoms with Gasteiger partial charge in [-0.25, -0.2) is 0 Å². The minimum Gasteiger partial charge on any atom is -0.318 e. The van der Waals surface area contributed by atoms with E-state index in [4.69, 9.17) is 0 Å². The molecule has 120 valence electrons. The summed E-state index contributed by atoms with van der Waals surface area (Å²) in [4.78, 5) is 1.11. The standard InChI is InChI=1S/C14H25N3O2S2/c1-3-12-7-9-20-14(12)11-16-21(18,19)17-8-5-4-6-13(17)10-15-2/h7,9,13,15-16H,3-6,8,10-11H2,1-2H3. The van der Waals surface area contributed by atoms with E-state index < -0.39 is 10.2 Å². The van der Waals surface area contributed by atoms with E-state index in [9.17, 15) is 8.42 Å². The van der Waals surface area contributed by atoms with Gasteiger partial charge in [0.05, 0.1) is 0 Å². The molecule has 7 heteroatoms. The van der Waals surface area contributed by atoms with Crippen LogP contribution in [0, 0.1) is 0 Å². The number of thiophene rings is 1. The monoisotopic (exact) mass is 331 g/mol. The molecule has 5 nitrogen and oxygen atoms in total. The molecule has 0 aliphatic carbocycles. The Hall–Kier alpha value is -0.470. The van der Waals surface area contributed by atoms with Crippen LogP contribution >= 0.6 is 11.3 Å². The summed E-state index contributed by atoms with van der Waals surface area (Å²) < 4.78 is 29.5. The summed E-state index contributed by atoms with van der Waals surface area (Å²) in [6, 6.07) is 2.13. The third-order valence-corrected chi connectivity index (χ3v) is 6.53. The van der Waals surface area contributed by atoms with Crippen LogP contribution in [0.2, 0.25) is 0 Å². The second-order valence-electron chi connectivity index (χ2n) is 5.37. The quantitative estimate of drug-likeness (QED) is 0.800. The summed E-state index contributed by atoms with van der Waals surface area (Å²) in [5, 5.41) is 5.12. The molecule has 0 spiro atoms. The van der Waals surface area contributed by atoms with Gasteiger partial charge in [-0.15, -0.1) is 11.3 Å². The largest absolute Gasteiger partial charge is 0.318 e. The molecule has 0 saturated carbocycles. The van der Waals surface area contributed by atoms with Crippen LogP contribution < -0.4 is 10.0 Å². The highest BCUT2D eigenvalue weighted by Crippen LogP contribution is 2.21. The Morgan fingerprint density at radius 3 is 2.95 bits per heavy atom. The number of hydrogen-bond donors (Lipinski definition) is 2. The average Bonchev–Trinajstić information content (AvgIpc) is 2.93. The molecule has 1 saturated heterocycles. The van der Waals surface area contributed by atoms with Crippen molar-refractivity contribution in [3.8, 4) is 0 Å². The molecule has 1 atom stereocenters. The minimum atomic E-state index is -3.41. The molecule has 1 aromatic heterocycles. The highest BCUT2D eigenvalue weighted by Gasteiger charge is 2.31. The molecule has 2 N–H and O–H groups in total. The van der Waals surface area contributed by atoms with Crippen molar-refractivity contribution in [3.05, 3.63) is 21.9 Å². The molecule has 0 aromatic carbocycles. The van der Waals surface area contributed by atoms with Crippen LogP contribution in [0.3, 0.4) is 0 Å². The van der Waals surface area contributed by atoms with E-state index in [1.807, 2.05) is 12.4 Å². The summed E-state index contributed by atoms with van der Waals surface area (Å²) in [5.74, 6) is 0. The van der Waals surface area contributed by atoms with Gasteiger partial charge in [-0.1, -0.05) is 13.3 Å². The molecule has 1 aromatic rings. The zero-order chi connectivity index (χ0) is 15.3. The van der Waals surface area contributed by atoms with Crippen molar-refractivity contribution in [2.24, 2.45) is 0 Å². The minimum absolute atomic E-state index is 0.0650. The van der Waals surface area contributed by atoms with E-state index in [-0.39, 0.29) is 6.04 Å². The Morgan fingerprint density at radius 2 is 2.24 bits per heavy atom. The first-order valence-electron chi connectivity index (χ1n) is 7.54. The predicted molar refractivity (Wildman–Crippen MR) is 87.7 cm³/mol. The molecule has 1 fully saturated rings. The zero-order valence-corrected chi connectivity index (χ0v) is 14.4. The average molecular weight is 332 g/mol. The zero-order valence-electron chi connectivity index (χ0n) is 12.8. The van der Waals surface area contributed by atoms with Crippen molar-refractivity contribution < 1.29 is 8.42 Å². The molecule has 0 bridgehead atoms. The maximum absolute atomic E-state index is 12.6. The fourth-order valence-corrected chi connectivity index (χ4v) is 5.25. The van der Waals surface area contributed by atoms with Crippen molar-refractivity contribution >= 4 is 21.5 Å². The third kappa shape index (κ3) is 4.26. The lowest BCUT2D eigenvalue weighted by molar-refractivity contribution is 0.246. The number of aryl methyl sites for hydroxylation is 1. The molecule has 1 aliphatic rings. The van der Waals surface area contributed by atoms with Crippen LogP contribution in [0.4, 0.5) is 0 Å². The van der Waals surface area contributed by atoms with E-state index in [2.05, 4.69) is 23.0 Å². The molecule has 1 unspecified atom stereocenters. The number of hydrogen-bond acceptors (Lipinski definition) is 4. The van der Waals surface area contributed by atoms with Gasteiger partial charge in [0.25, 0.3) is 10.2 Å². The smallest absolute Gasteiger partial charge is 0.280 e. The Balaban J connectivity index is 2.03. The maximum Gasteiger partial charge on any atom is 0.280 e. The predicted octanol–water partition coefficient (Wildman–Crippen LogP) is 1.72. The van der Waals surface area contributed by atoms with Crippen molar-refractivity contribution in [2.75, 3.05) is 20.1 Å². The first kappa shape index (κ1) is 16.9. The van der Waals surface area contributed by atoms with Gasteiger partial charge in [-0.2, -0.15) is 17.4 Å². The van der Waals surface area contributed by atoms with Crippen LogP contribution in [-0.2, 0) is 23.2 Å². The summed E-state index contributed by atoms with van der Waals surface area (Å²) in [6.45, 7) is 3.81. The van der Waals surface area contributed by atoms with Gasteiger partial charge in [0, 0.05) is 30.6 Å². The van der Waals surface area contributed by atoms with Crippen molar-refractivity contribution in [1.29, 1.82) is 0 Å². The van der Waals surface area contributed by atoms with E-state index in [1.165, 1.54) is 5.56 Å². The summed E-state index contributed by atoms with van der Waals surface area (Å²) >= 11 is 1.61. The second kappa shape index (κ2) is 7.69. The molecule has 0 amide bonds. The molecule has 1 aliphatic heterocycles. The van der Waals surface area contributed by atoms with Gasteiger partial charge in [-0.3, -0.25) is 0 Å². The van der Waals surface area contributed by atoms with Gasteiger partial charge < -0.3 is 5.32 Å².